The molecule has 36 heavy (non-hydrogen) atoms. The van der Waals surface area contributed by atoms with Gasteiger partial charge in [-0.1, -0.05) is 0 Å². The number of anilines is 3. The Morgan fingerprint density at radius 2 is 1.39 bits per heavy atom. The van der Waals surface area contributed by atoms with Crippen LogP contribution < -0.4 is 15.1 Å². The predicted octanol–water partition coefficient (Wildman–Crippen LogP) is 6.22. The fraction of sp³-hybridized carbons (Fsp3) is 0.379. The average Bonchev–Trinajstić information content (AvgIpc) is 2.85. The Morgan fingerprint density at radius 3 is 1.83 bits per heavy atom. The molecule has 0 fully saturated rings. The van der Waals surface area contributed by atoms with Gasteiger partial charge in [0.05, 0.1) is 18.5 Å². The number of benzene rings is 2. The molecule has 7 heteroatoms. The number of aliphatic imine (C=N–C) groups is 1. The lowest BCUT2D eigenvalue weighted by Crippen LogP contribution is -2.30. The number of nitrogens with zero attached hydrogens (tertiary/aromatic N) is 3. The molecule has 0 aliphatic heterocycles. The van der Waals surface area contributed by atoms with Crippen molar-refractivity contribution in [3.8, 4) is 0 Å². The third-order valence-corrected chi connectivity index (χ3v) is 6.23. The SMILES string of the molecule is CCN(c1ccc(N=C2C=C(Nc3ccc(N(CC)C(C)C)cc3)C(O)=C(OC)C2=O)cc1)C(C)C. The van der Waals surface area contributed by atoms with E-state index in [0.29, 0.717) is 23.5 Å². The Balaban J connectivity index is 1.89. The van der Waals surface area contributed by atoms with Gasteiger partial charge in [-0.05, 0) is 96.1 Å². The second-order valence-corrected chi connectivity index (χ2v) is 9.21. The Kier molecular flexibility index (Phi) is 8.80. The van der Waals surface area contributed by atoms with E-state index >= 15 is 0 Å². The molecule has 192 valence electrons. The summed E-state index contributed by atoms with van der Waals surface area (Å²) < 4.78 is 5.24. The number of methoxy groups -OCH3 is 1. The van der Waals surface area contributed by atoms with Gasteiger partial charge in [-0.2, -0.15) is 0 Å². The zero-order chi connectivity index (χ0) is 26.4. The minimum absolute atomic E-state index is 0.138. The van der Waals surface area contributed by atoms with E-state index in [4.69, 9.17) is 4.74 Å². The number of allylic oxidation sites excluding steroid dienone is 2. The maximum atomic E-state index is 12.9. The lowest BCUT2D eigenvalue weighted by molar-refractivity contribution is -0.112. The van der Waals surface area contributed by atoms with Crippen LogP contribution in [-0.2, 0) is 9.53 Å². The quantitative estimate of drug-likeness (QED) is 0.385. The number of hydrogen-bond acceptors (Lipinski definition) is 7. The highest BCUT2D eigenvalue weighted by molar-refractivity contribution is 6.50. The third kappa shape index (κ3) is 5.90. The summed E-state index contributed by atoms with van der Waals surface area (Å²) in [6.07, 6.45) is 1.56. The van der Waals surface area contributed by atoms with E-state index in [1.807, 2.05) is 48.5 Å². The van der Waals surface area contributed by atoms with Gasteiger partial charge in [-0.25, -0.2) is 4.99 Å². The van der Waals surface area contributed by atoms with Crippen LogP contribution in [0.25, 0.3) is 0 Å². The van der Waals surface area contributed by atoms with Crippen LogP contribution in [0.1, 0.15) is 41.5 Å². The lowest BCUT2D eigenvalue weighted by Gasteiger charge is -2.27. The standard InChI is InChI=1S/C29H38N4O3/c1-8-32(19(3)4)23-14-10-21(11-15-23)30-25-18-26(28(35)29(36-7)27(25)34)31-22-12-16-24(17-13-22)33(9-2)20(5)6/h10-20,30,34H,8-9H2,1-7H3. The van der Waals surface area contributed by atoms with Crippen LogP contribution in [0.4, 0.5) is 22.7 Å². The highest BCUT2D eigenvalue weighted by Gasteiger charge is 2.29. The van der Waals surface area contributed by atoms with Gasteiger partial charge in [0, 0.05) is 42.2 Å². The number of carbonyl (C=O) groups excluding carboxylic acids is 1. The fourth-order valence-electron chi connectivity index (χ4n) is 4.43. The number of aliphatic hydroxyl groups excluding tert-OH is 1. The minimum atomic E-state index is -0.465. The summed E-state index contributed by atoms with van der Waals surface area (Å²) in [5.41, 5.74) is 4.17. The molecular formula is C29H38N4O3. The molecule has 2 aromatic rings. The van der Waals surface area contributed by atoms with E-state index in [2.05, 4.69) is 61.7 Å². The van der Waals surface area contributed by atoms with E-state index in [9.17, 15) is 9.90 Å². The van der Waals surface area contributed by atoms with Gasteiger partial charge in [0.15, 0.2) is 5.76 Å². The Labute approximate surface area is 214 Å². The van der Waals surface area contributed by atoms with Crippen LogP contribution in [0, 0.1) is 0 Å². The number of Topliss-reactive ketones (excluding diaryl/α,β-unsaturated/α-hetero) is 1. The van der Waals surface area contributed by atoms with Crippen LogP contribution in [-0.4, -0.2) is 48.9 Å². The number of hydrogen-bond donors (Lipinski definition) is 2. The molecule has 1 aliphatic rings. The van der Waals surface area contributed by atoms with Crippen molar-refractivity contribution in [2.24, 2.45) is 4.99 Å². The minimum Gasteiger partial charge on any atom is -0.503 e. The van der Waals surface area contributed by atoms with Gasteiger partial charge in [-0.15, -0.1) is 0 Å². The molecule has 0 atom stereocenters. The van der Waals surface area contributed by atoms with E-state index in [1.54, 1.807) is 6.08 Å². The first-order valence-electron chi connectivity index (χ1n) is 12.5. The van der Waals surface area contributed by atoms with Gasteiger partial charge in [0.1, 0.15) is 5.71 Å². The molecule has 0 spiro atoms. The average molecular weight is 491 g/mol. The summed E-state index contributed by atoms with van der Waals surface area (Å²) in [7, 11) is 1.37. The molecule has 2 aromatic carbocycles. The van der Waals surface area contributed by atoms with E-state index < -0.39 is 5.78 Å². The summed E-state index contributed by atoms with van der Waals surface area (Å²) in [5.74, 6) is -0.845. The zero-order valence-electron chi connectivity index (χ0n) is 22.4. The maximum absolute atomic E-state index is 12.9. The number of nitrogens with one attached hydrogen (secondary N) is 1. The summed E-state index contributed by atoms with van der Waals surface area (Å²) in [4.78, 5) is 22.1. The number of ketones is 1. The molecule has 0 bridgehead atoms. The summed E-state index contributed by atoms with van der Waals surface area (Å²) in [5, 5.41) is 13.9. The van der Waals surface area contributed by atoms with Crippen LogP contribution in [0.3, 0.4) is 0 Å². The zero-order valence-corrected chi connectivity index (χ0v) is 22.4. The molecular weight excluding hydrogens is 452 g/mol. The van der Waals surface area contributed by atoms with E-state index in [-0.39, 0.29) is 17.2 Å². The second kappa shape index (κ2) is 11.8. The van der Waals surface area contributed by atoms with Gasteiger partial charge in [0.2, 0.25) is 11.5 Å². The predicted molar refractivity (Wildman–Crippen MR) is 150 cm³/mol. The number of ether oxygens (including phenoxy) is 1. The molecule has 2 N–H and O–H groups in total. The van der Waals surface area contributed by atoms with Crippen molar-refractivity contribution in [2.75, 3.05) is 35.3 Å². The normalized spacial score (nSPS) is 15.0. The van der Waals surface area contributed by atoms with Crippen LogP contribution in [0.2, 0.25) is 0 Å². The molecule has 0 unspecified atom stereocenters. The van der Waals surface area contributed by atoms with Gasteiger partial charge >= 0.3 is 0 Å². The summed E-state index contributed by atoms with van der Waals surface area (Å²) in [6, 6.07) is 16.5. The molecule has 0 radical (unpaired) electrons. The van der Waals surface area contributed by atoms with Crippen LogP contribution in [0.5, 0.6) is 0 Å². The Hall–Kier alpha value is -3.74. The monoisotopic (exact) mass is 490 g/mol. The van der Waals surface area contributed by atoms with E-state index in [1.165, 1.54) is 7.11 Å². The van der Waals surface area contributed by atoms with E-state index in [0.717, 1.165) is 30.2 Å². The number of rotatable bonds is 10. The molecule has 0 saturated heterocycles. The van der Waals surface area contributed by atoms with Crippen LogP contribution >= 0.6 is 0 Å². The molecule has 0 aromatic heterocycles. The number of carbonyl (C=O) groups is 1. The molecule has 0 heterocycles. The van der Waals surface area contributed by atoms with Crippen molar-refractivity contribution in [2.45, 2.75) is 53.6 Å². The van der Waals surface area contributed by atoms with Crippen LogP contribution in [0.15, 0.2) is 76.8 Å². The maximum Gasteiger partial charge on any atom is 0.249 e. The largest absolute Gasteiger partial charge is 0.503 e. The topological polar surface area (TPSA) is 77.4 Å². The fourth-order valence-corrected chi connectivity index (χ4v) is 4.43. The van der Waals surface area contributed by atoms with Crippen molar-refractivity contribution >= 4 is 34.2 Å². The van der Waals surface area contributed by atoms with Gasteiger partial charge in [0.25, 0.3) is 0 Å². The summed E-state index contributed by atoms with van der Waals surface area (Å²) in [6.45, 7) is 14.7. The van der Waals surface area contributed by atoms with Crippen molar-refractivity contribution < 1.29 is 14.6 Å². The summed E-state index contributed by atoms with van der Waals surface area (Å²) >= 11 is 0. The Morgan fingerprint density at radius 1 is 0.889 bits per heavy atom. The van der Waals surface area contributed by atoms with Crippen molar-refractivity contribution in [3.05, 3.63) is 71.8 Å². The lowest BCUT2D eigenvalue weighted by atomic mass is 10.0. The smallest absolute Gasteiger partial charge is 0.249 e. The first-order chi connectivity index (χ1) is 17.2. The highest BCUT2D eigenvalue weighted by atomic mass is 16.5. The molecule has 1 aliphatic carbocycles. The first-order valence-corrected chi connectivity index (χ1v) is 12.5. The molecule has 3 rings (SSSR count). The molecule has 0 saturated carbocycles. The Bertz CT molecular complexity index is 1150. The first kappa shape index (κ1) is 26.9. The van der Waals surface area contributed by atoms with Crippen molar-refractivity contribution in [1.82, 2.24) is 0 Å². The van der Waals surface area contributed by atoms with Crippen molar-refractivity contribution in [3.63, 3.8) is 0 Å². The van der Waals surface area contributed by atoms with Crippen molar-refractivity contribution in [1.29, 1.82) is 0 Å². The second-order valence-electron chi connectivity index (χ2n) is 9.21. The van der Waals surface area contributed by atoms with Gasteiger partial charge in [-0.3, -0.25) is 4.79 Å². The molecule has 0 amide bonds. The number of aliphatic hydroxyl groups is 1. The highest BCUT2D eigenvalue weighted by Crippen LogP contribution is 2.27. The van der Waals surface area contributed by atoms with Gasteiger partial charge < -0.3 is 25.0 Å². The third-order valence-electron chi connectivity index (χ3n) is 6.23. The molecule has 7 nitrogen and oxygen atoms in total.